The molecule has 0 aliphatic carbocycles. The van der Waals surface area contributed by atoms with Crippen molar-refractivity contribution in [2.24, 2.45) is 0 Å². The van der Waals surface area contributed by atoms with Crippen molar-refractivity contribution in [2.45, 2.75) is 47.0 Å². The van der Waals surface area contributed by atoms with Gasteiger partial charge in [-0.2, -0.15) is 11.3 Å². The van der Waals surface area contributed by atoms with E-state index in [9.17, 15) is 4.79 Å². The van der Waals surface area contributed by atoms with Crippen LogP contribution in [-0.2, 0) is 30.3 Å². The zero-order valence-electron chi connectivity index (χ0n) is 24.6. The number of hydrogen-bond acceptors (Lipinski definition) is 5. The van der Waals surface area contributed by atoms with Gasteiger partial charge in [0.25, 0.3) is 0 Å². The first kappa shape index (κ1) is 31.2. The monoisotopic (exact) mass is 750 g/mol. The standard InChI is InChI=1S/C31H25N2S.C5H8O2.Ir/c1-19-14-26-27(17-23-11-13-34-30(23)29(26)33-18-19)28-25(6-5-12-32-28)22-8-7-21-16-24(31(2,3)4)10-9-20(21)15-22;1-4(6)3-5(2)7;/h5-16,18H,1-4H3;3,6H,1-2H3;/q-1;;/b;4-3-;. The number of fused-ring (bicyclic) bond motifs is 4. The van der Waals surface area contributed by atoms with Crippen molar-refractivity contribution in [1.29, 1.82) is 0 Å². The molecule has 0 aliphatic rings. The fourth-order valence-electron chi connectivity index (χ4n) is 4.93. The second kappa shape index (κ2) is 12.7. The van der Waals surface area contributed by atoms with E-state index in [1.54, 1.807) is 11.3 Å². The number of carbonyl (C=O) groups excluding carboxylic acids is 1. The Morgan fingerprint density at radius 2 is 1.71 bits per heavy atom. The van der Waals surface area contributed by atoms with Gasteiger partial charge in [0, 0.05) is 49.8 Å². The van der Waals surface area contributed by atoms with E-state index in [1.807, 2.05) is 18.5 Å². The van der Waals surface area contributed by atoms with Crippen molar-refractivity contribution in [3.05, 3.63) is 107 Å². The average molecular weight is 750 g/mol. The Labute approximate surface area is 264 Å². The molecule has 3 aromatic heterocycles. The summed E-state index contributed by atoms with van der Waals surface area (Å²) >= 11 is 1.72. The van der Waals surface area contributed by atoms with Crippen LogP contribution in [0.15, 0.2) is 90.3 Å². The molecule has 0 unspecified atom stereocenters. The molecule has 6 heteroatoms. The molecule has 0 saturated heterocycles. The van der Waals surface area contributed by atoms with Gasteiger partial charge < -0.3 is 5.11 Å². The predicted molar refractivity (Wildman–Crippen MR) is 173 cm³/mol. The zero-order valence-corrected chi connectivity index (χ0v) is 27.8. The maximum Gasteiger partial charge on any atom is 0.155 e. The third-order valence-corrected chi connectivity index (χ3v) is 7.83. The first-order valence-electron chi connectivity index (χ1n) is 13.6. The van der Waals surface area contributed by atoms with E-state index >= 15 is 0 Å². The molecule has 0 atom stereocenters. The van der Waals surface area contributed by atoms with E-state index in [4.69, 9.17) is 15.1 Å². The molecule has 1 radical (unpaired) electrons. The molecular weight excluding hydrogens is 717 g/mol. The van der Waals surface area contributed by atoms with E-state index in [0.29, 0.717) is 0 Å². The topological polar surface area (TPSA) is 63.1 Å². The van der Waals surface area contributed by atoms with Crippen LogP contribution in [0.5, 0.6) is 0 Å². The smallest absolute Gasteiger partial charge is 0.155 e. The maximum atomic E-state index is 10.0. The van der Waals surface area contributed by atoms with Crippen molar-refractivity contribution in [1.82, 2.24) is 9.97 Å². The predicted octanol–water partition coefficient (Wildman–Crippen LogP) is 9.77. The zero-order chi connectivity index (χ0) is 29.3. The molecule has 0 saturated carbocycles. The van der Waals surface area contributed by atoms with E-state index in [-0.39, 0.29) is 37.1 Å². The van der Waals surface area contributed by atoms with Crippen LogP contribution in [0.4, 0.5) is 0 Å². The van der Waals surface area contributed by atoms with Gasteiger partial charge in [0.05, 0.1) is 5.76 Å². The number of aliphatic hydroxyl groups is 1. The van der Waals surface area contributed by atoms with Gasteiger partial charge in [0.2, 0.25) is 0 Å². The Kier molecular flexibility index (Phi) is 9.42. The molecule has 0 fully saturated rings. The Bertz CT molecular complexity index is 1950. The Hall–Kier alpha value is -3.70. The molecule has 6 aromatic rings. The largest absolute Gasteiger partial charge is 0.512 e. The summed E-state index contributed by atoms with van der Waals surface area (Å²) in [6.07, 6.45) is 4.98. The van der Waals surface area contributed by atoms with Gasteiger partial charge in [0.15, 0.2) is 5.78 Å². The second-order valence-electron chi connectivity index (χ2n) is 11.4. The quantitative estimate of drug-likeness (QED) is 0.111. The molecule has 3 heterocycles. The van der Waals surface area contributed by atoms with Gasteiger partial charge in [-0.25, -0.2) is 0 Å². The summed E-state index contributed by atoms with van der Waals surface area (Å²) in [5, 5.41) is 15.2. The van der Waals surface area contributed by atoms with Gasteiger partial charge in [-0.15, -0.1) is 17.5 Å². The van der Waals surface area contributed by atoms with E-state index in [1.165, 1.54) is 41.0 Å². The van der Waals surface area contributed by atoms with E-state index in [0.717, 1.165) is 44.2 Å². The van der Waals surface area contributed by atoms with Gasteiger partial charge in [-0.3, -0.25) is 14.8 Å². The first-order chi connectivity index (χ1) is 19.5. The van der Waals surface area contributed by atoms with Gasteiger partial charge in [0.1, 0.15) is 0 Å². The molecule has 6 rings (SSSR count). The summed E-state index contributed by atoms with van der Waals surface area (Å²) in [5.41, 5.74) is 7.86. The second-order valence-corrected chi connectivity index (χ2v) is 12.3. The Morgan fingerprint density at radius 1 is 0.976 bits per heavy atom. The van der Waals surface area contributed by atoms with Crippen molar-refractivity contribution in [3.63, 3.8) is 0 Å². The van der Waals surface area contributed by atoms with Crippen LogP contribution < -0.4 is 0 Å². The number of aliphatic hydroxyl groups excluding tert-OH is 1. The van der Waals surface area contributed by atoms with Crippen molar-refractivity contribution >= 4 is 48.9 Å². The van der Waals surface area contributed by atoms with Gasteiger partial charge >= 0.3 is 0 Å². The van der Waals surface area contributed by atoms with Gasteiger partial charge in [-0.1, -0.05) is 74.2 Å². The van der Waals surface area contributed by atoms with E-state index in [2.05, 4.69) is 93.7 Å². The molecule has 0 amide bonds. The number of aromatic nitrogens is 2. The molecule has 1 N–H and O–H groups in total. The van der Waals surface area contributed by atoms with Gasteiger partial charge in [-0.05, 0) is 81.4 Å². The Morgan fingerprint density at radius 3 is 2.40 bits per heavy atom. The summed E-state index contributed by atoms with van der Waals surface area (Å²) in [4.78, 5) is 19.7. The van der Waals surface area contributed by atoms with Crippen LogP contribution in [-0.4, -0.2) is 20.9 Å². The molecular formula is C36H33IrN2O2S-. The maximum absolute atomic E-state index is 10.0. The number of rotatable bonds is 3. The Balaban J connectivity index is 0.000000454. The number of ketones is 1. The molecule has 0 spiro atoms. The van der Waals surface area contributed by atoms with E-state index < -0.39 is 0 Å². The number of aryl methyl sites for hydroxylation is 1. The summed E-state index contributed by atoms with van der Waals surface area (Å²) in [5.74, 6) is -0.0625. The number of nitrogens with zero attached hydrogens (tertiary/aromatic N) is 2. The molecule has 0 bridgehead atoms. The fraction of sp³-hybridized carbons (Fsp3) is 0.194. The van der Waals surface area contributed by atoms with Crippen molar-refractivity contribution in [2.75, 3.05) is 0 Å². The number of hydrogen-bond donors (Lipinski definition) is 1. The summed E-state index contributed by atoms with van der Waals surface area (Å²) in [6, 6.07) is 25.7. The number of allylic oxidation sites excluding steroid dienone is 2. The molecule has 4 nitrogen and oxygen atoms in total. The normalized spacial score (nSPS) is 11.7. The minimum Gasteiger partial charge on any atom is -0.512 e. The van der Waals surface area contributed by atoms with Crippen molar-refractivity contribution in [3.8, 4) is 22.4 Å². The average Bonchev–Trinajstić information content (AvgIpc) is 3.40. The SMILES string of the molecule is CC(=O)/C=C(/C)O.Cc1cnc2c(c1)c(-c1ncccc1-c1ccc3cc(C(C)(C)C)ccc3c1)[c-]c1ccsc12.[Ir]. The third kappa shape index (κ3) is 6.68. The first-order valence-corrected chi connectivity index (χ1v) is 14.5. The van der Waals surface area contributed by atoms with Crippen molar-refractivity contribution < 1.29 is 30.0 Å². The summed E-state index contributed by atoms with van der Waals surface area (Å²) in [6.45, 7) is 11.7. The van der Waals surface area contributed by atoms with Crippen LogP contribution in [0, 0.1) is 13.0 Å². The van der Waals surface area contributed by atoms with Crippen LogP contribution in [0.2, 0.25) is 0 Å². The summed E-state index contributed by atoms with van der Waals surface area (Å²) in [7, 11) is 0. The summed E-state index contributed by atoms with van der Waals surface area (Å²) < 4.78 is 1.18. The fourth-order valence-corrected chi connectivity index (χ4v) is 5.79. The third-order valence-electron chi connectivity index (χ3n) is 6.91. The number of pyridine rings is 2. The number of thiophene rings is 1. The molecule has 0 aliphatic heterocycles. The van der Waals surface area contributed by atoms with Crippen LogP contribution >= 0.6 is 11.3 Å². The molecule has 3 aromatic carbocycles. The minimum absolute atomic E-state index is 0. The number of carbonyl (C=O) groups is 1. The van der Waals surface area contributed by atoms with Crippen LogP contribution in [0.1, 0.15) is 45.7 Å². The van der Waals surface area contributed by atoms with Crippen LogP contribution in [0.25, 0.3) is 54.1 Å². The van der Waals surface area contributed by atoms with Crippen LogP contribution in [0.3, 0.4) is 0 Å². The minimum atomic E-state index is -0.125. The molecule has 42 heavy (non-hydrogen) atoms. The number of benzene rings is 3. The molecule has 215 valence electrons.